The predicted octanol–water partition coefficient (Wildman–Crippen LogP) is 5.13. The predicted molar refractivity (Wildman–Crippen MR) is 143 cm³/mol. The monoisotopic (exact) mass is 573 g/mol. The SMILES string of the molecule is C[C@@H](C(=O)NC1CCCCC1)N(Cc1ccc(Cl)cc1Cl)C(=O)CN(C)S(=O)(=O)c1ccc(Cl)cc1. The van der Waals surface area contributed by atoms with Crippen molar-refractivity contribution < 1.29 is 18.0 Å². The summed E-state index contributed by atoms with van der Waals surface area (Å²) in [7, 11) is -2.63. The minimum Gasteiger partial charge on any atom is -0.352 e. The molecule has 1 aliphatic carbocycles. The summed E-state index contributed by atoms with van der Waals surface area (Å²) in [6.45, 7) is 1.19. The van der Waals surface area contributed by atoms with E-state index in [9.17, 15) is 18.0 Å². The molecule has 0 heterocycles. The number of hydrogen-bond donors (Lipinski definition) is 1. The highest BCUT2D eigenvalue weighted by Crippen LogP contribution is 2.24. The molecule has 0 unspecified atom stereocenters. The Morgan fingerprint density at radius 3 is 2.22 bits per heavy atom. The normalized spacial score (nSPS) is 15.5. The molecule has 196 valence electrons. The molecule has 1 fully saturated rings. The first-order valence-corrected chi connectivity index (χ1v) is 14.3. The van der Waals surface area contributed by atoms with E-state index >= 15 is 0 Å². The van der Waals surface area contributed by atoms with Crippen LogP contribution < -0.4 is 5.32 Å². The highest BCUT2D eigenvalue weighted by molar-refractivity contribution is 7.89. The molecule has 36 heavy (non-hydrogen) atoms. The summed E-state index contributed by atoms with van der Waals surface area (Å²) in [5, 5.41) is 4.24. The molecule has 0 radical (unpaired) electrons. The molecule has 0 bridgehead atoms. The maximum Gasteiger partial charge on any atom is 0.243 e. The molecular formula is C25H30Cl3N3O4S. The van der Waals surface area contributed by atoms with E-state index in [0.29, 0.717) is 20.6 Å². The Morgan fingerprint density at radius 2 is 1.61 bits per heavy atom. The van der Waals surface area contributed by atoms with E-state index in [1.165, 1.54) is 36.2 Å². The Labute approximate surface area is 227 Å². The summed E-state index contributed by atoms with van der Waals surface area (Å²) >= 11 is 18.2. The first kappa shape index (κ1) is 28.7. The van der Waals surface area contributed by atoms with Crippen LogP contribution in [0, 0.1) is 0 Å². The van der Waals surface area contributed by atoms with Gasteiger partial charge in [-0.15, -0.1) is 0 Å². The molecule has 2 amide bonds. The lowest BCUT2D eigenvalue weighted by atomic mass is 9.95. The number of sulfonamides is 1. The van der Waals surface area contributed by atoms with E-state index < -0.39 is 28.5 Å². The van der Waals surface area contributed by atoms with E-state index in [1.54, 1.807) is 25.1 Å². The van der Waals surface area contributed by atoms with Gasteiger partial charge in [0.2, 0.25) is 21.8 Å². The molecule has 3 rings (SSSR count). The van der Waals surface area contributed by atoms with Crippen LogP contribution in [0.5, 0.6) is 0 Å². The van der Waals surface area contributed by atoms with Gasteiger partial charge in [0.1, 0.15) is 6.04 Å². The number of benzene rings is 2. The van der Waals surface area contributed by atoms with Crippen molar-refractivity contribution in [2.45, 2.75) is 62.6 Å². The van der Waals surface area contributed by atoms with Crippen molar-refractivity contribution in [3.05, 3.63) is 63.1 Å². The Bertz CT molecular complexity index is 1190. The summed E-state index contributed by atoms with van der Waals surface area (Å²) in [6.07, 6.45) is 5.05. The highest BCUT2D eigenvalue weighted by Gasteiger charge is 2.31. The van der Waals surface area contributed by atoms with Gasteiger partial charge < -0.3 is 10.2 Å². The van der Waals surface area contributed by atoms with Crippen molar-refractivity contribution in [2.24, 2.45) is 0 Å². The topological polar surface area (TPSA) is 86.8 Å². The van der Waals surface area contributed by atoms with Crippen LogP contribution in [0.2, 0.25) is 15.1 Å². The fraction of sp³-hybridized carbons (Fsp3) is 0.440. The van der Waals surface area contributed by atoms with Crippen molar-refractivity contribution in [1.82, 2.24) is 14.5 Å². The summed E-state index contributed by atoms with van der Waals surface area (Å²) in [6, 6.07) is 9.81. The number of amides is 2. The molecule has 1 atom stereocenters. The maximum absolute atomic E-state index is 13.5. The minimum atomic E-state index is -3.96. The zero-order valence-electron chi connectivity index (χ0n) is 20.2. The standard InChI is InChI=1S/C25H30Cl3N3O4S/c1-17(25(33)29-21-6-4-3-5-7-21)31(15-18-8-9-20(27)14-23(18)28)24(32)16-30(2)36(34,35)22-12-10-19(26)11-13-22/h8-14,17,21H,3-7,15-16H2,1-2H3,(H,29,33)/t17-/m0/s1. The number of nitrogens with zero attached hydrogens (tertiary/aromatic N) is 2. The molecule has 0 saturated heterocycles. The maximum atomic E-state index is 13.5. The average molecular weight is 575 g/mol. The first-order valence-electron chi connectivity index (χ1n) is 11.7. The summed E-state index contributed by atoms with van der Waals surface area (Å²) in [5.74, 6) is -0.823. The van der Waals surface area contributed by atoms with Gasteiger partial charge in [0.05, 0.1) is 11.4 Å². The fourth-order valence-electron chi connectivity index (χ4n) is 4.14. The third-order valence-corrected chi connectivity index (χ3v) is 9.01. The van der Waals surface area contributed by atoms with Crippen LogP contribution in [-0.4, -0.2) is 55.1 Å². The number of nitrogens with one attached hydrogen (secondary N) is 1. The van der Waals surface area contributed by atoms with Crippen molar-refractivity contribution in [2.75, 3.05) is 13.6 Å². The highest BCUT2D eigenvalue weighted by atomic mass is 35.5. The molecule has 2 aromatic carbocycles. The van der Waals surface area contributed by atoms with Gasteiger partial charge in [-0.3, -0.25) is 9.59 Å². The second kappa shape index (κ2) is 12.6. The summed E-state index contributed by atoms with van der Waals surface area (Å²) in [4.78, 5) is 27.9. The molecule has 2 aromatic rings. The summed E-state index contributed by atoms with van der Waals surface area (Å²) < 4.78 is 27.0. The quantitative estimate of drug-likeness (QED) is 0.450. The van der Waals surface area contributed by atoms with Crippen LogP contribution in [0.1, 0.15) is 44.6 Å². The van der Waals surface area contributed by atoms with Crippen LogP contribution in [0.15, 0.2) is 47.4 Å². The molecule has 1 N–H and O–H groups in total. The fourth-order valence-corrected chi connectivity index (χ4v) is 5.85. The zero-order valence-corrected chi connectivity index (χ0v) is 23.3. The lowest BCUT2D eigenvalue weighted by Crippen LogP contribution is -2.52. The van der Waals surface area contributed by atoms with Crippen LogP contribution in [0.4, 0.5) is 0 Å². The second-order valence-electron chi connectivity index (χ2n) is 8.99. The summed E-state index contributed by atoms with van der Waals surface area (Å²) in [5.41, 5.74) is 0.593. The van der Waals surface area contributed by atoms with Crippen LogP contribution in [-0.2, 0) is 26.2 Å². The number of hydrogen-bond acceptors (Lipinski definition) is 4. The number of carbonyl (C=O) groups is 2. The van der Waals surface area contributed by atoms with Crippen molar-refractivity contribution in [3.63, 3.8) is 0 Å². The van der Waals surface area contributed by atoms with Crippen molar-refractivity contribution in [3.8, 4) is 0 Å². The molecule has 0 spiro atoms. The zero-order chi connectivity index (χ0) is 26.5. The first-order chi connectivity index (χ1) is 17.0. The van der Waals surface area contributed by atoms with Crippen LogP contribution in [0.25, 0.3) is 0 Å². The minimum absolute atomic E-state index is 0.0117. The Hall–Kier alpha value is -1.84. The number of carbonyl (C=O) groups excluding carboxylic acids is 2. The second-order valence-corrected chi connectivity index (χ2v) is 12.3. The number of rotatable bonds is 9. The van der Waals surface area contributed by atoms with Gasteiger partial charge in [-0.25, -0.2) is 8.42 Å². The Balaban J connectivity index is 1.82. The van der Waals surface area contributed by atoms with E-state index in [0.717, 1.165) is 36.4 Å². The lowest BCUT2D eigenvalue weighted by Gasteiger charge is -2.32. The van der Waals surface area contributed by atoms with Gasteiger partial charge in [0.15, 0.2) is 0 Å². The molecule has 11 heteroatoms. The van der Waals surface area contributed by atoms with Gasteiger partial charge in [-0.1, -0.05) is 60.1 Å². The van der Waals surface area contributed by atoms with Crippen LogP contribution in [0.3, 0.4) is 0 Å². The lowest BCUT2D eigenvalue weighted by molar-refractivity contribution is -0.141. The molecule has 1 aliphatic rings. The van der Waals surface area contributed by atoms with Gasteiger partial charge in [-0.2, -0.15) is 4.31 Å². The van der Waals surface area contributed by atoms with Gasteiger partial charge in [0, 0.05) is 34.7 Å². The number of halogens is 3. The van der Waals surface area contributed by atoms with E-state index in [-0.39, 0.29) is 23.4 Å². The smallest absolute Gasteiger partial charge is 0.243 e. The Morgan fingerprint density at radius 1 is 1.00 bits per heavy atom. The molecule has 7 nitrogen and oxygen atoms in total. The molecule has 0 aromatic heterocycles. The number of likely N-dealkylation sites (N-methyl/N-ethyl adjacent to an activating group) is 1. The van der Waals surface area contributed by atoms with Gasteiger partial charge in [-0.05, 0) is 61.7 Å². The largest absolute Gasteiger partial charge is 0.352 e. The van der Waals surface area contributed by atoms with Gasteiger partial charge in [0.25, 0.3) is 0 Å². The van der Waals surface area contributed by atoms with Gasteiger partial charge >= 0.3 is 0 Å². The van der Waals surface area contributed by atoms with Crippen LogP contribution >= 0.6 is 34.8 Å². The third kappa shape index (κ3) is 7.35. The van der Waals surface area contributed by atoms with Crippen molar-refractivity contribution in [1.29, 1.82) is 0 Å². The molecule has 0 aliphatic heterocycles. The van der Waals surface area contributed by atoms with Crippen molar-refractivity contribution >= 4 is 56.6 Å². The Kier molecular flexibility index (Phi) is 10.1. The third-order valence-electron chi connectivity index (χ3n) is 6.35. The molecule has 1 saturated carbocycles. The average Bonchev–Trinajstić information content (AvgIpc) is 2.84. The van der Waals surface area contributed by atoms with E-state index in [1.807, 2.05) is 0 Å². The van der Waals surface area contributed by atoms with E-state index in [2.05, 4.69) is 5.32 Å². The van der Waals surface area contributed by atoms with E-state index in [4.69, 9.17) is 34.8 Å². The molecular weight excluding hydrogens is 545 g/mol.